The second-order valence-electron chi connectivity index (χ2n) is 16.6. The number of amides is 5. The van der Waals surface area contributed by atoms with Crippen molar-refractivity contribution in [2.75, 3.05) is 62.7 Å². The zero-order chi connectivity index (χ0) is 42.1. The van der Waals surface area contributed by atoms with E-state index in [0.29, 0.717) is 47.3 Å². The van der Waals surface area contributed by atoms with Gasteiger partial charge in [0.05, 0.1) is 33.9 Å². The summed E-state index contributed by atoms with van der Waals surface area (Å²) in [5, 5.41) is 18.2. The predicted octanol–water partition coefficient (Wildman–Crippen LogP) is 4.26. The number of piperazine rings is 1. The molecule has 16 heteroatoms. The first-order chi connectivity index (χ1) is 28.2. The van der Waals surface area contributed by atoms with Gasteiger partial charge in [-0.2, -0.15) is 5.26 Å². The molecule has 0 spiro atoms. The summed E-state index contributed by atoms with van der Waals surface area (Å²) in [6, 6.07) is 14.6. The number of piperidine rings is 1. The van der Waals surface area contributed by atoms with Crippen molar-refractivity contribution < 1.29 is 33.4 Å². The Hall–Kier alpha value is -5.56. The minimum Gasteiger partial charge on any atom is -0.489 e. The fourth-order valence-corrected chi connectivity index (χ4v) is 9.21. The fraction of sp³-hybridized carbons (Fsp3) is 0.465. The topological polar surface area (TPSA) is 186 Å². The van der Waals surface area contributed by atoms with E-state index in [1.165, 1.54) is 0 Å². The predicted molar refractivity (Wildman–Crippen MR) is 219 cm³/mol. The molecule has 4 heterocycles. The van der Waals surface area contributed by atoms with E-state index >= 15 is 0 Å². The number of rotatable bonds is 14. The first kappa shape index (κ1) is 41.6. The standard InChI is InChI=1S/C43H49ClN8O7/c1-42(2)40(43(3,4)41(42)59-29-9-6-26(24-45)32(44)23-29)49-36(54)27-7-12-34(47-25-27)51-17-15-50(16-18-51)19-21-58-20-5-14-46-28-8-10-30-31(22-28)39(57)52(38(30)56)33-11-13-35(53)48-37(33)55/h6-10,12,22-23,25,33,40-41,46H,5,11,13-21H2,1-4H3,(H,49,54)(H,48,53,55). The number of pyridine rings is 1. The summed E-state index contributed by atoms with van der Waals surface area (Å²) in [6.45, 7) is 14.2. The number of carbonyl (C=O) groups excluding carboxylic acids is 5. The van der Waals surface area contributed by atoms with Gasteiger partial charge in [-0.1, -0.05) is 39.3 Å². The molecule has 1 aromatic heterocycles. The van der Waals surface area contributed by atoms with Crippen LogP contribution in [0, 0.1) is 22.2 Å². The van der Waals surface area contributed by atoms with Crippen LogP contribution in [0.2, 0.25) is 5.02 Å². The van der Waals surface area contributed by atoms with Gasteiger partial charge >= 0.3 is 0 Å². The summed E-state index contributed by atoms with van der Waals surface area (Å²) in [6.07, 6.45) is 2.36. The van der Waals surface area contributed by atoms with Crippen molar-refractivity contribution in [3.8, 4) is 11.8 Å². The van der Waals surface area contributed by atoms with E-state index in [-0.39, 0.29) is 52.9 Å². The molecule has 2 aromatic carbocycles. The lowest BCUT2D eigenvalue weighted by Gasteiger charge is -2.63. The molecule has 1 unspecified atom stereocenters. The second kappa shape index (κ2) is 17.0. The lowest BCUT2D eigenvalue weighted by molar-refractivity contribution is -0.164. The van der Waals surface area contributed by atoms with Gasteiger partial charge in [0.2, 0.25) is 11.8 Å². The fourth-order valence-electron chi connectivity index (χ4n) is 9.00. The Labute approximate surface area is 348 Å². The van der Waals surface area contributed by atoms with Crippen LogP contribution in [0.4, 0.5) is 11.5 Å². The number of anilines is 2. The smallest absolute Gasteiger partial charge is 0.262 e. The van der Waals surface area contributed by atoms with E-state index < -0.39 is 29.7 Å². The van der Waals surface area contributed by atoms with Crippen LogP contribution in [0.3, 0.4) is 0 Å². The summed E-state index contributed by atoms with van der Waals surface area (Å²) >= 11 is 6.23. The van der Waals surface area contributed by atoms with Crippen LogP contribution in [-0.2, 0) is 14.3 Å². The molecular formula is C43H49ClN8O7. The van der Waals surface area contributed by atoms with Crippen LogP contribution in [0.25, 0.3) is 0 Å². The third kappa shape index (κ3) is 8.48. The van der Waals surface area contributed by atoms with Crippen LogP contribution in [0.1, 0.15) is 83.6 Å². The van der Waals surface area contributed by atoms with Crippen LogP contribution in [0.15, 0.2) is 54.7 Å². The Bertz CT molecular complexity index is 2160. The van der Waals surface area contributed by atoms with Gasteiger partial charge in [0.15, 0.2) is 0 Å². The molecule has 59 heavy (non-hydrogen) atoms. The molecule has 7 rings (SSSR count). The summed E-state index contributed by atoms with van der Waals surface area (Å²) in [4.78, 5) is 73.4. The number of halogens is 1. The van der Waals surface area contributed by atoms with Crippen molar-refractivity contribution in [1.82, 2.24) is 25.4 Å². The van der Waals surface area contributed by atoms with Gasteiger partial charge in [0, 0.05) is 87.1 Å². The van der Waals surface area contributed by atoms with E-state index in [1.807, 2.05) is 12.1 Å². The average Bonchev–Trinajstić information content (AvgIpc) is 3.46. The number of carbonyl (C=O) groups is 5. The molecule has 3 N–H and O–H groups in total. The number of benzene rings is 2. The van der Waals surface area contributed by atoms with Crippen LogP contribution < -0.4 is 25.6 Å². The van der Waals surface area contributed by atoms with Gasteiger partial charge in [-0.15, -0.1) is 0 Å². The summed E-state index contributed by atoms with van der Waals surface area (Å²) in [5.41, 5.74) is 1.31. The number of fused-ring (bicyclic) bond motifs is 1. The number of ether oxygens (including phenoxy) is 2. The lowest BCUT2D eigenvalue weighted by atomic mass is 9.49. The minimum absolute atomic E-state index is 0.0757. The quantitative estimate of drug-likeness (QED) is 0.155. The van der Waals surface area contributed by atoms with Gasteiger partial charge in [-0.3, -0.25) is 39.1 Å². The molecule has 0 bridgehead atoms. The molecule has 2 saturated heterocycles. The van der Waals surface area contributed by atoms with Crippen molar-refractivity contribution in [1.29, 1.82) is 5.26 Å². The highest BCUT2D eigenvalue weighted by molar-refractivity contribution is 6.31. The van der Waals surface area contributed by atoms with Crippen LogP contribution in [0.5, 0.6) is 5.75 Å². The van der Waals surface area contributed by atoms with E-state index in [2.05, 4.69) is 64.5 Å². The second-order valence-corrected chi connectivity index (χ2v) is 17.0. The number of imide groups is 2. The van der Waals surface area contributed by atoms with Gasteiger partial charge in [-0.25, -0.2) is 4.98 Å². The van der Waals surface area contributed by atoms with Crippen molar-refractivity contribution in [3.05, 3.63) is 82.0 Å². The Morgan fingerprint density at radius 1 is 0.966 bits per heavy atom. The largest absolute Gasteiger partial charge is 0.489 e. The van der Waals surface area contributed by atoms with Gasteiger partial charge < -0.3 is 25.0 Å². The molecule has 3 fully saturated rings. The molecule has 5 amide bonds. The van der Waals surface area contributed by atoms with Gasteiger partial charge in [0.25, 0.3) is 17.7 Å². The van der Waals surface area contributed by atoms with Crippen molar-refractivity contribution in [3.63, 3.8) is 0 Å². The third-order valence-electron chi connectivity index (χ3n) is 11.9. The van der Waals surface area contributed by atoms with Crippen molar-refractivity contribution in [2.24, 2.45) is 10.8 Å². The van der Waals surface area contributed by atoms with Gasteiger partial charge in [-0.05, 0) is 55.3 Å². The molecular weight excluding hydrogens is 776 g/mol. The first-order valence-electron chi connectivity index (χ1n) is 20.0. The van der Waals surface area contributed by atoms with Crippen molar-refractivity contribution >= 4 is 52.6 Å². The molecule has 310 valence electrons. The van der Waals surface area contributed by atoms with Gasteiger partial charge in [0.1, 0.15) is 29.8 Å². The molecule has 3 aromatic rings. The maximum absolute atomic E-state index is 13.4. The summed E-state index contributed by atoms with van der Waals surface area (Å²) < 4.78 is 12.3. The molecule has 15 nitrogen and oxygen atoms in total. The van der Waals surface area contributed by atoms with E-state index in [1.54, 1.807) is 42.6 Å². The average molecular weight is 825 g/mol. The maximum Gasteiger partial charge on any atom is 0.262 e. The molecule has 4 aliphatic rings. The van der Waals surface area contributed by atoms with Crippen LogP contribution >= 0.6 is 11.6 Å². The van der Waals surface area contributed by atoms with E-state index in [0.717, 1.165) is 49.9 Å². The number of nitriles is 1. The summed E-state index contributed by atoms with van der Waals surface area (Å²) in [5.74, 6) is -0.871. The third-order valence-corrected chi connectivity index (χ3v) is 12.2. The monoisotopic (exact) mass is 824 g/mol. The Morgan fingerprint density at radius 2 is 1.71 bits per heavy atom. The highest BCUT2D eigenvalue weighted by atomic mass is 35.5. The lowest BCUT2D eigenvalue weighted by Crippen LogP contribution is -2.74. The zero-order valence-corrected chi connectivity index (χ0v) is 34.4. The number of hydrogen-bond acceptors (Lipinski definition) is 12. The molecule has 1 aliphatic carbocycles. The minimum atomic E-state index is -0.991. The van der Waals surface area contributed by atoms with E-state index in [4.69, 9.17) is 21.1 Å². The summed E-state index contributed by atoms with van der Waals surface area (Å²) in [7, 11) is 0. The normalized spacial score (nSPS) is 22.3. The van der Waals surface area contributed by atoms with Crippen molar-refractivity contribution in [2.45, 2.75) is 65.1 Å². The first-order valence-corrected chi connectivity index (χ1v) is 20.3. The Kier molecular flexibility index (Phi) is 12.0. The SMILES string of the molecule is CC1(C)C(NC(=O)c2ccc(N3CCN(CCOCCCNc4ccc5c(c4)C(=O)N(C4CCC(=O)NC4=O)C5=O)CC3)nc2)C(C)(C)C1Oc1ccc(C#N)c(Cl)c1. The maximum atomic E-state index is 13.4. The number of aromatic nitrogens is 1. The number of nitrogens with zero attached hydrogens (tertiary/aromatic N) is 5. The Morgan fingerprint density at radius 3 is 2.39 bits per heavy atom. The molecule has 3 aliphatic heterocycles. The number of hydrogen-bond donors (Lipinski definition) is 3. The van der Waals surface area contributed by atoms with Crippen LogP contribution in [-0.4, -0.2) is 115 Å². The van der Waals surface area contributed by atoms with E-state index in [9.17, 15) is 29.2 Å². The number of nitrogens with one attached hydrogen (secondary N) is 3. The highest BCUT2D eigenvalue weighted by Gasteiger charge is 2.64. The molecule has 1 atom stereocenters. The molecule has 1 saturated carbocycles. The highest BCUT2D eigenvalue weighted by Crippen LogP contribution is 2.55. The zero-order valence-electron chi connectivity index (χ0n) is 33.7. The molecule has 0 radical (unpaired) electrons. The Balaban J connectivity index is 0.789.